The highest BCUT2D eigenvalue weighted by Gasteiger charge is 2.33. The molecular formula is C14H16F4O2. The molecule has 0 aliphatic heterocycles. The number of aldehydes is 1. The van der Waals surface area contributed by atoms with Crippen LogP contribution in [0.25, 0.3) is 0 Å². The van der Waals surface area contributed by atoms with Crippen LogP contribution < -0.4 is 0 Å². The molecule has 1 aromatic carbocycles. The molecule has 2 nitrogen and oxygen atoms in total. The monoisotopic (exact) mass is 292 g/mol. The number of ether oxygens (including phenoxy) is 1. The van der Waals surface area contributed by atoms with Gasteiger partial charge >= 0.3 is 0 Å². The third-order valence-electron chi connectivity index (χ3n) is 2.72. The molecule has 0 unspecified atom stereocenters. The second-order valence-electron chi connectivity index (χ2n) is 4.43. The molecule has 0 fully saturated rings. The van der Waals surface area contributed by atoms with Crippen LogP contribution in [0.15, 0.2) is 30.3 Å². The van der Waals surface area contributed by atoms with Crippen LogP contribution in [0.3, 0.4) is 0 Å². The lowest BCUT2D eigenvalue weighted by molar-refractivity contribution is -0.112. The molecule has 0 saturated carbocycles. The number of carbonyl (C=O) groups is 1. The first kappa shape index (κ1) is 16.6. The Morgan fingerprint density at radius 3 is 2.30 bits per heavy atom. The lowest BCUT2D eigenvalue weighted by atomic mass is 10.1. The molecule has 0 radical (unpaired) electrons. The van der Waals surface area contributed by atoms with Gasteiger partial charge in [0, 0.05) is 24.8 Å². The van der Waals surface area contributed by atoms with E-state index in [1.807, 2.05) is 0 Å². The Morgan fingerprint density at radius 2 is 1.70 bits per heavy atom. The number of rotatable bonds is 9. The molecule has 0 N–H and O–H groups in total. The Kier molecular flexibility index (Phi) is 6.13. The van der Waals surface area contributed by atoms with Crippen molar-refractivity contribution in [2.24, 2.45) is 0 Å². The molecule has 0 bridgehead atoms. The lowest BCUT2D eigenvalue weighted by Crippen LogP contribution is -2.24. The molecule has 20 heavy (non-hydrogen) atoms. The van der Waals surface area contributed by atoms with E-state index in [2.05, 4.69) is 4.74 Å². The van der Waals surface area contributed by atoms with E-state index in [4.69, 9.17) is 0 Å². The number of hydrogen-bond acceptors (Lipinski definition) is 2. The van der Waals surface area contributed by atoms with Crippen LogP contribution in [-0.2, 0) is 15.5 Å². The molecule has 0 heterocycles. The van der Waals surface area contributed by atoms with E-state index in [1.54, 1.807) is 6.07 Å². The van der Waals surface area contributed by atoms with Crippen LogP contribution >= 0.6 is 0 Å². The van der Waals surface area contributed by atoms with E-state index in [1.165, 1.54) is 24.3 Å². The number of carbonyl (C=O) groups excluding carboxylic acids is 1. The van der Waals surface area contributed by atoms with Gasteiger partial charge in [-0.25, -0.2) is 8.78 Å². The predicted octanol–water partition coefficient (Wildman–Crippen LogP) is 3.80. The molecule has 0 spiro atoms. The average molecular weight is 292 g/mol. The van der Waals surface area contributed by atoms with Crippen molar-refractivity contribution < 1.29 is 27.1 Å². The summed E-state index contributed by atoms with van der Waals surface area (Å²) in [6, 6.07) is 7.05. The van der Waals surface area contributed by atoms with Crippen LogP contribution in [-0.4, -0.2) is 25.4 Å². The minimum absolute atomic E-state index is 0.215. The van der Waals surface area contributed by atoms with Crippen LogP contribution in [0.4, 0.5) is 17.6 Å². The largest absolute Gasteiger partial charge is 0.375 e. The Balaban J connectivity index is 2.35. The van der Waals surface area contributed by atoms with Crippen molar-refractivity contribution >= 4 is 6.29 Å². The average Bonchev–Trinajstić information content (AvgIpc) is 2.43. The van der Waals surface area contributed by atoms with E-state index in [-0.39, 0.29) is 12.0 Å². The smallest absolute Gasteiger partial charge is 0.296 e. The molecule has 1 aromatic rings. The molecule has 0 aliphatic carbocycles. The summed E-state index contributed by atoms with van der Waals surface area (Å²) < 4.78 is 58.1. The van der Waals surface area contributed by atoms with Crippen molar-refractivity contribution in [3.8, 4) is 0 Å². The highest BCUT2D eigenvalue weighted by atomic mass is 19.3. The third kappa shape index (κ3) is 5.69. The van der Waals surface area contributed by atoms with Gasteiger partial charge in [0.25, 0.3) is 11.8 Å². The predicted molar refractivity (Wildman–Crippen MR) is 66.0 cm³/mol. The summed E-state index contributed by atoms with van der Waals surface area (Å²) in [6.45, 7) is -1.42. The van der Waals surface area contributed by atoms with Crippen LogP contribution in [0.5, 0.6) is 0 Å². The van der Waals surface area contributed by atoms with Crippen LogP contribution in [0, 0.1) is 0 Å². The zero-order chi connectivity index (χ0) is 15.1. The van der Waals surface area contributed by atoms with Crippen molar-refractivity contribution in [3.05, 3.63) is 35.9 Å². The van der Waals surface area contributed by atoms with Gasteiger partial charge in [-0.3, -0.25) is 0 Å². The van der Waals surface area contributed by atoms with Gasteiger partial charge in [0.2, 0.25) is 0 Å². The summed E-state index contributed by atoms with van der Waals surface area (Å²) >= 11 is 0. The Bertz CT molecular complexity index is 407. The number of halogens is 4. The summed E-state index contributed by atoms with van der Waals surface area (Å²) in [5.74, 6) is -6.28. The van der Waals surface area contributed by atoms with E-state index in [0.717, 1.165) is 0 Å². The zero-order valence-electron chi connectivity index (χ0n) is 10.8. The maximum Gasteiger partial charge on any atom is 0.296 e. The maximum atomic E-state index is 13.6. The SMILES string of the molecule is O=CCCC(F)(F)CCOCC(F)(F)c1ccccc1. The minimum Gasteiger partial charge on any atom is -0.375 e. The van der Waals surface area contributed by atoms with Crippen molar-refractivity contribution in [2.45, 2.75) is 31.1 Å². The van der Waals surface area contributed by atoms with Gasteiger partial charge in [-0.1, -0.05) is 30.3 Å². The molecule has 1 rings (SSSR count). The number of hydrogen-bond donors (Lipinski definition) is 0. The summed E-state index contributed by atoms with van der Waals surface area (Å²) in [5, 5.41) is 0. The zero-order valence-corrected chi connectivity index (χ0v) is 10.8. The Hall–Kier alpha value is -1.43. The summed E-state index contributed by atoms with van der Waals surface area (Å²) in [5.41, 5.74) is -0.215. The molecule has 0 amide bonds. The van der Waals surface area contributed by atoms with E-state index < -0.39 is 37.9 Å². The third-order valence-corrected chi connectivity index (χ3v) is 2.72. The van der Waals surface area contributed by atoms with Crippen LogP contribution in [0.2, 0.25) is 0 Å². The second kappa shape index (κ2) is 7.38. The van der Waals surface area contributed by atoms with Gasteiger partial charge in [-0.05, 0) is 0 Å². The van der Waals surface area contributed by atoms with Crippen molar-refractivity contribution in [2.75, 3.05) is 13.2 Å². The highest BCUT2D eigenvalue weighted by molar-refractivity contribution is 5.49. The first-order valence-electron chi connectivity index (χ1n) is 6.20. The quantitative estimate of drug-likeness (QED) is 0.393. The molecule has 0 saturated heterocycles. The summed E-state index contributed by atoms with van der Waals surface area (Å²) in [7, 11) is 0. The lowest BCUT2D eigenvalue weighted by Gasteiger charge is -2.19. The standard InChI is InChI=1S/C14H16F4O2/c15-13(16,7-4-9-19)8-10-20-11-14(17,18)12-5-2-1-3-6-12/h1-3,5-6,9H,4,7-8,10-11H2. The highest BCUT2D eigenvalue weighted by Crippen LogP contribution is 2.29. The molecule has 6 heteroatoms. The van der Waals surface area contributed by atoms with Gasteiger partial charge in [0.05, 0.1) is 6.61 Å². The fourth-order valence-corrected chi connectivity index (χ4v) is 1.58. The minimum atomic E-state index is -3.21. The molecule has 0 atom stereocenters. The summed E-state index contributed by atoms with van der Waals surface area (Å²) in [4.78, 5) is 10.0. The van der Waals surface area contributed by atoms with Gasteiger partial charge in [-0.2, -0.15) is 8.78 Å². The molecule has 112 valence electrons. The van der Waals surface area contributed by atoms with Gasteiger partial charge in [-0.15, -0.1) is 0 Å². The fourth-order valence-electron chi connectivity index (χ4n) is 1.58. The first-order chi connectivity index (χ1) is 9.37. The molecular weight excluding hydrogens is 276 g/mol. The second-order valence-corrected chi connectivity index (χ2v) is 4.43. The molecule has 0 aliphatic rings. The van der Waals surface area contributed by atoms with Crippen molar-refractivity contribution in [3.63, 3.8) is 0 Å². The number of alkyl halides is 4. The van der Waals surface area contributed by atoms with E-state index >= 15 is 0 Å². The normalized spacial score (nSPS) is 12.4. The maximum absolute atomic E-state index is 13.6. The molecule has 0 aromatic heterocycles. The Morgan fingerprint density at radius 1 is 1.05 bits per heavy atom. The van der Waals surface area contributed by atoms with Gasteiger partial charge < -0.3 is 9.53 Å². The first-order valence-corrected chi connectivity index (χ1v) is 6.20. The summed E-state index contributed by atoms with van der Waals surface area (Å²) in [6.07, 6.45) is -1.12. The van der Waals surface area contributed by atoms with E-state index in [9.17, 15) is 22.4 Å². The van der Waals surface area contributed by atoms with Gasteiger partial charge in [0.1, 0.15) is 12.9 Å². The van der Waals surface area contributed by atoms with Crippen molar-refractivity contribution in [1.29, 1.82) is 0 Å². The number of benzene rings is 1. The topological polar surface area (TPSA) is 26.3 Å². The Labute approximate surface area is 114 Å². The van der Waals surface area contributed by atoms with Crippen LogP contribution in [0.1, 0.15) is 24.8 Å². The fraction of sp³-hybridized carbons (Fsp3) is 0.500. The van der Waals surface area contributed by atoms with Gasteiger partial charge in [0.15, 0.2) is 0 Å². The van der Waals surface area contributed by atoms with Crippen molar-refractivity contribution in [1.82, 2.24) is 0 Å². The van der Waals surface area contributed by atoms with E-state index in [0.29, 0.717) is 6.29 Å².